The van der Waals surface area contributed by atoms with E-state index in [0.717, 1.165) is 16.1 Å². The lowest BCUT2D eigenvalue weighted by molar-refractivity contribution is -0.139. The van der Waals surface area contributed by atoms with Gasteiger partial charge in [-0.3, -0.25) is 13.9 Å². The Morgan fingerprint density at radius 3 is 1.97 bits per heavy atom. The fourth-order valence-electron chi connectivity index (χ4n) is 3.49. The summed E-state index contributed by atoms with van der Waals surface area (Å²) in [6.07, 6.45) is 1.04. The van der Waals surface area contributed by atoms with Crippen LogP contribution in [0.4, 0.5) is 5.69 Å². The molecule has 35 heavy (non-hydrogen) atoms. The van der Waals surface area contributed by atoms with E-state index < -0.39 is 28.5 Å². The molecule has 0 spiro atoms. The van der Waals surface area contributed by atoms with Crippen molar-refractivity contribution in [2.45, 2.75) is 19.5 Å². The molecular formula is C26H29N3O5S. The monoisotopic (exact) mass is 495 g/mol. The predicted molar refractivity (Wildman–Crippen MR) is 136 cm³/mol. The third-order valence-electron chi connectivity index (χ3n) is 5.39. The van der Waals surface area contributed by atoms with Crippen LogP contribution in [-0.2, 0) is 26.2 Å². The maximum absolute atomic E-state index is 13.4. The number of carbonyl (C=O) groups is 2. The number of likely N-dealkylation sites (N-methyl/N-ethyl adjacent to an activating group) is 1. The van der Waals surface area contributed by atoms with E-state index >= 15 is 0 Å². The third-order valence-corrected chi connectivity index (χ3v) is 6.53. The van der Waals surface area contributed by atoms with E-state index in [1.54, 1.807) is 31.2 Å². The molecule has 3 aromatic carbocycles. The Morgan fingerprint density at radius 1 is 0.886 bits per heavy atom. The zero-order chi connectivity index (χ0) is 25.4. The Hall–Kier alpha value is -3.85. The molecule has 1 atom stereocenters. The number of para-hydroxylation sites is 1. The molecule has 0 aliphatic rings. The van der Waals surface area contributed by atoms with Gasteiger partial charge in [0.05, 0.1) is 11.9 Å². The molecule has 0 bridgehead atoms. The van der Waals surface area contributed by atoms with Crippen LogP contribution in [0.25, 0.3) is 0 Å². The standard InChI is InChI=1S/C26H29N3O5S/c1-20(26(31)27-2)28(18-21-10-6-4-7-11-21)25(30)19-29(35(3,32)33)22-14-16-24(17-15-22)34-23-12-8-5-9-13-23/h4-17,20H,18-19H2,1-3H3,(H,27,31)/t20-/m0/s1. The van der Waals surface area contributed by atoms with E-state index in [-0.39, 0.29) is 12.5 Å². The van der Waals surface area contributed by atoms with Gasteiger partial charge in [-0.15, -0.1) is 0 Å². The first-order valence-corrected chi connectivity index (χ1v) is 12.9. The van der Waals surface area contributed by atoms with Crippen molar-refractivity contribution in [1.82, 2.24) is 10.2 Å². The number of ether oxygens (including phenoxy) is 1. The maximum Gasteiger partial charge on any atom is 0.244 e. The highest BCUT2D eigenvalue weighted by Gasteiger charge is 2.29. The molecule has 184 valence electrons. The predicted octanol–water partition coefficient (Wildman–Crippen LogP) is 3.41. The van der Waals surface area contributed by atoms with Gasteiger partial charge in [0.2, 0.25) is 21.8 Å². The van der Waals surface area contributed by atoms with Gasteiger partial charge in [0, 0.05) is 13.6 Å². The van der Waals surface area contributed by atoms with Crippen LogP contribution in [0.15, 0.2) is 84.9 Å². The van der Waals surface area contributed by atoms with Gasteiger partial charge in [-0.25, -0.2) is 8.42 Å². The highest BCUT2D eigenvalue weighted by Crippen LogP contribution is 2.26. The molecule has 1 N–H and O–H groups in total. The van der Waals surface area contributed by atoms with E-state index in [2.05, 4.69) is 5.32 Å². The van der Waals surface area contributed by atoms with Crippen LogP contribution in [0.3, 0.4) is 0 Å². The van der Waals surface area contributed by atoms with Crippen molar-refractivity contribution in [3.8, 4) is 11.5 Å². The zero-order valence-corrected chi connectivity index (χ0v) is 20.7. The molecule has 0 saturated heterocycles. The highest BCUT2D eigenvalue weighted by molar-refractivity contribution is 7.92. The molecule has 0 unspecified atom stereocenters. The third kappa shape index (κ3) is 7.07. The lowest BCUT2D eigenvalue weighted by Crippen LogP contribution is -2.50. The van der Waals surface area contributed by atoms with E-state index in [1.165, 1.54) is 11.9 Å². The summed E-state index contributed by atoms with van der Waals surface area (Å²) in [5.41, 5.74) is 1.14. The smallest absolute Gasteiger partial charge is 0.244 e. The number of nitrogens with zero attached hydrogens (tertiary/aromatic N) is 2. The molecule has 0 radical (unpaired) electrons. The molecule has 2 amide bonds. The summed E-state index contributed by atoms with van der Waals surface area (Å²) in [5.74, 6) is 0.330. The van der Waals surface area contributed by atoms with Gasteiger partial charge < -0.3 is 15.0 Å². The van der Waals surface area contributed by atoms with Gasteiger partial charge >= 0.3 is 0 Å². The largest absolute Gasteiger partial charge is 0.457 e. The lowest BCUT2D eigenvalue weighted by atomic mass is 10.1. The van der Waals surface area contributed by atoms with Crippen molar-refractivity contribution in [1.29, 1.82) is 0 Å². The average Bonchev–Trinajstić information content (AvgIpc) is 2.86. The van der Waals surface area contributed by atoms with Crippen molar-refractivity contribution in [3.05, 3.63) is 90.5 Å². The molecule has 3 rings (SSSR count). The van der Waals surface area contributed by atoms with Crippen molar-refractivity contribution in [2.75, 3.05) is 24.2 Å². The number of nitrogens with one attached hydrogen (secondary N) is 1. The van der Waals surface area contributed by atoms with Crippen molar-refractivity contribution < 1.29 is 22.7 Å². The minimum atomic E-state index is -3.80. The quantitative estimate of drug-likeness (QED) is 0.465. The van der Waals surface area contributed by atoms with Gasteiger partial charge in [-0.05, 0) is 48.9 Å². The first-order chi connectivity index (χ1) is 16.7. The Bertz CT molecular complexity index is 1230. The number of anilines is 1. The van der Waals surface area contributed by atoms with Crippen LogP contribution in [0, 0.1) is 0 Å². The number of amides is 2. The molecule has 0 fully saturated rings. The van der Waals surface area contributed by atoms with Gasteiger partial charge in [-0.1, -0.05) is 48.5 Å². The molecular weight excluding hydrogens is 466 g/mol. The Kier molecular flexibility index (Phi) is 8.48. The van der Waals surface area contributed by atoms with Gasteiger partial charge in [0.15, 0.2) is 0 Å². The van der Waals surface area contributed by atoms with Gasteiger partial charge in [0.25, 0.3) is 0 Å². The Labute approximate surface area is 206 Å². The summed E-state index contributed by atoms with van der Waals surface area (Å²) in [4.78, 5) is 27.1. The van der Waals surface area contributed by atoms with Gasteiger partial charge in [-0.2, -0.15) is 0 Å². The Balaban J connectivity index is 1.84. The summed E-state index contributed by atoms with van der Waals surface area (Å²) < 4.78 is 32.0. The molecule has 0 saturated carbocycles. The van der Waals surface area contributed by atoms with E-state index in [0.29, 0.717) is 17.2 Å². The van der Waals surface area contributed by atoms with E-state index in [1.807, 2.05) is 60.7 Å². The normalized spacial score (nSPS) is 11.9. The van der Waals surface area contributed by atoms with E-state index in [9.17, 15) is 18.0 Å². The van der Waals surface area contributed by atoms with Gasteiger partial charge in [0.1, 0.15) is 24.1 Å². The minimum Gasteiger partial charge on any atom is -0.457 e. The number of hydrogen-bond acceptors (Lipinski definition) is 5. The van der Waals surface area contributed by atoms with E-state index in [4.69, 9.17) is 4.74 Å². The van der Waals surface area contributed by atoms with Crippen LogP contribution in [0.5, 0.6) is 11.5 Å². The molecule has 0 heterocycles. The van der Waals surface area contributed by atoms with Crippen LogP contribution in [0.1, 0.15) is 12.5 Å². The number of carbonyl (C=O) groups excluding carboxylic acids is 2. The average molecular weight is 496 g/mol. The second kappa shape index (κ2) is 11.5. The van der Waals surface area contributed by atoms with Crippen LogP contribution < -0.4 is 14.4 Å². The number of rotatable bonds is 10. The SMILES string of the molecule is CNC(=O)[C@H](C)N(Cc1ccccc1)C(=O)CN(c1ccc(Oc2ccccc2)cc1)S(C)(=O)=O. The molecule has 0 aliphatic heterocycles. The van der Waals surface area contributed by atoms with Crippen LogP contribution >= 0.6 is 0 Å². The molecule has 8 nitrogen and oxygen atoms in total. The summed E-state index contributed by atoms with van der Waals surface area (Å²) in [6.45, 7) is 1.32. The second-order valence-electron chi connectivity index (χ2n) is 7.98. The molecule has 9 heteroatoms. The second-order valence-corrected chi connectivity index (χ2v) is 9.88. The fourth-order valence-corrected chi connectivity index (χ4v) is 4.34. The molecule has 0 aliphatic carbocycles. The topological polar surface area (TPSA) is 96.0 Å². The minimum absolute atomic E-state index is 0.162. The zero-order valence-electron chi connectivity index (χ0n) is 19.9. The van der Waals surface area contributed by atoms with Crippen LogP contribution in [0.2, 0.25) is 0 Å². The lowest BCUT2D eigenvalue weighted by Gasteiger charge is -2.31. The first-order valence-electron chi connectivity index (χ1n) is 11.0. The van der Waals surface area contributed by atoms with Crippen molar-refractivity contribution >= 4 is 27.5 Å². The molecule has 3 aromatic rings. The maximum atomic E-state index is 13.4. The summed E-state index contributed by atoms with van der Waals surface area (Å²) in [6, 6.07) is 24.1. The summed E-state index contributed by atoms with van der Waals surface area (Å²) in [7, 11) is -2.31. The van der Waals surface area contributed by atoms with Crippen molar-refractivity contribution in [3.63, 3.8) is 0 Å². The highest BCUT2D eigenvalue weighted by atomic mass is 32.2. The van der Waals surface area contributed by atoms with Crippen molar-refractivity contribution in [2.24, 2.45) is 0 Å². The first kappa shape index (κ1) is 25.8. The van der Waals surface area contributed by atoms with Crippen LogP contribution in [-0.4, -0.2) is 51.0 Å². The number of benzene rings is 3. The summed E-state index contributed by atoms with van der Waals surface area (Å²) in [5, 5.41) is 2.55. The number of sulfonamides is 1. The fraction of sp³-hybridized carbons (Fsp3) is 0.231. The molecule has 0 aromatic heterocycles. The number of hydrogen-bond donors (Lipinski definition) is 1. The summed E-state index contributed by atoms with van der Waals surface area (Å²) >= 11 is 0. The Morgan fingerprint density at radius 2 is 1.43 bits per heavy atom.